The number of hydrogen-bond donors (Lipinski definition) is 2. The van der Waals surface area contributed by atoms with Crippen molar-refractivity contribution in [2.75, 3.05) is 18.8 Å². The monoisotopic (exact) mass is 237 g/mol. The number of thioether (sulfide) groups is 1. The van der Waals surface area contributed by atoms with Gasteiger partial charge in [-0.15, -0.1) is 11.8 Å². The van der Waals surface area contributed by atoms with E-state index in [1.54, 1.807) is 0 Å². The van der Waals surface area contributed by atoms with E-state index in [-0.39, 0.29) is 11.9 Å². The summed E-state index contributed by atoms with van der Waals surface area (Å²) >= 11 is 1.88. The van der Waals surface area contributed by atoms with E-state index in [1.165, 1.54) is 17.2 Å². The number of nitrogens with zero attached hydrogens (tertiary/aromatic N) is 1. The van der Waals surface area contributed by atoms with Gasteiger partial charge in [-0.3, -0.25) is 4.79 Å². The molecule has 1 atom stereocenters. The molecule has 2 aliphatic rings. The fourth-order valence-electron chi connectivity index (χ4n) is 2.24. The van der Waals surface area contributed by atoms with Gasteiger partial charge in [0.05, 0.1) is 5.03 Å². The van der Waals surface area contributed by atoms with Crippen LogP contribution in [0.15, 0.2) is 17.3 Å². The van der Waals surface area contributed by atoms with Crippen LogP contribution in [0.1, 0.15) is 18.0 Å². The van der Waals surface area contributed by atoms with Crippen LogP contribution in [-0.2, 0) is 11.3 Å². The van der Waals surface area contributed by atoms with Gasteiger partial charge in [-0.2, -0.15) is 0 Å². The van der Waals surface area contributed by atoms with E-state index in [9.17, 15) is 4.79 Å². The summed E-state index contributed by atoms with van der Waals surface area (Å²) in [5.41, 5.74) is 1.10. The molecule has 0 saturated carbocycles. The zero-order chi connectivity index (χ0) is 11.0. The minimum Gasteiger partial charge on any atom is -0.353 e. The molecule has 1 fully saturated rings. The van der Waals surface area contributed by atoms with Gasteiger partial charge in [0.2, 0.25) is 5.91 Å². The van der Waals surface area contributed by atoms with Crippen LogP contribution in [-0.4, -0.2) is 29.3 Å². The van der Waals surface area contributed by atoms with E-state index in [1.807, 2.05) is 11.8 Å². The van der Waals surface area contributed by atoms with E-state index in [4.69, 9.17) is 0 Å². The molecule has 3 heterocycles. The Morgan fingerprint density at radius 1 is 1.44 bits per heavy atom. The second-order valence-corrected chi connectivity index (χ2v) is 5.30. The first-order valence-electron chi connectivity index (χ1n) is 5.68. The number of aryl methyl sites for hydroxylation is 1. The second kappa shape index (κ2) is 4.14. The molecule has 5 heteroatoms. The highest BCUT2D eigenvalue weighted by Gasteiger charge is 2.25. The summed E-state index contributed by atoms with van der Waals surface area (Å²) in [7, 11) is 0. The molecule has 3 rings (SSSR count). The number of carbonyl (C=O) groups excluding carboxylic acids is 1. The summed E-state index contributed by atoms with van der Waals surface area (Å²) in [5.74, 6) is 1.28. The lowest BCUT2D eigenvalue weighted by Gasteiger charge is -2.22. The minimum atomic E-state index is -0.160. The Balaban J connectivity index is 1.88. The number of nitrogens with one attached hydrogen (secondary N) is 2. The van der Waals surface area contributed by atoms with Gasteiger partial charge in [0.1, 0.15) is 6.04 Å². The van der Waals surface area contributed by atoms with Crippen LogP contribution in [0.3, 0.4) is 0 Å². The molecule has 16 heavy (non-hydrogen) atoms. The largest absolute Gasteiger partial charge is 0.353 e. The third kappa shape index (κ3) is 1.74. The van der Waals surface area contributed by atoms with Gasteiger partial charge in [-0.25, -0.2) is 0 Å². The van der Waals surface area contributed by atoms with Crippen molar-refractivity contribution in [3.63, 3.8) is 0 Å². The maximum absolute atomic E-state index is 11.7. The van der Waals surface area contributed by atoms with E-state index in [2.05, 4.69) is 27.5 Å². The van der Waals surface area contributed by atoms with E-state index < -0.39 is 0 Å². The first-order valence-corrected chi connectivity index (χ1v) is 6.67. The molecule has 2 N–H and O–H groups in total. The molecular weight excluding hydrogens is 222 g/mol. The predicted molar refractivity (Wildman–Crippen MR) is 63.5 cm³/mol. The number of aromatic nitrogens is 1. The lowest BCUT2D eigenvalue weighted by molar-refractivity contribution is -0.124. The molecule has 0 radical (unpaired) electrons. The van der Waals surface area contributed by atoms with Crippen LogP contribution >= 0.6 is 11.8 Å². The van der Waals surface area contributed by atoms with Crippen molar-refractivity contribution in [3.05, 3.63) is 17.8 Å². The predicted octanol–water partition coefficient (Wildman–Crippen LogP) is 0.744. The Bertz CT molecular complexity index is 392. The van der Waals surface area contributed by atoms with Crippen molar-refractivity contribution < 1.29 is 4.79 Å². The van der Waals surface area contributed by atoms with Crippen molar-refractivity contribution in [1.82, 2.24) is 15.2 Å². The molecule has 0 bridgehead atoms. The Morgan fingerprint density at radius 2 is 2.38 bits per heavy atom. The number of rotatable bonds is 1. The molecule has 1 unspecified atom stereocenters. The molecule has 0 aromatic carbocycles. The summed E-state index contributed by atoms with van der Waals surface area (Å²) in [5, 5.41) is 7.45. The lowest BCUT2D eigenvalue weighted by Crippen LogP contribution is -2.47. The number of carbonyl (C=O) groups is 1. The maximum Gasteiger partial charge on any atom is 0.241 e. The molecule has 1 saturated heterocycles. The Morgan fingerprint density at radius 3 is 3.19 bits per heavy atom. The molecule has 1 aromatic heterocycles. The summed E-state index contributed by atoms with van der Waals surface area (Å²) in [6.07, 6.45) is 3.33. The first-order chi connectivity index (χ1) is 7.84. The van der Waals surface area contributed by atoms with Gasteiger partial charge >= 0.3 is 0 Å². The first kappa shape index (κ1) is 10.2. The number of hydrogen-bond acceptors (Lipinski definition) is 3. The topological polar surface area (TPSA) is 46.1 Å². The molecule has 4 nitrogen and oxygen atoms in total. The Hall–Kier alpha value is -0.940. The molecule has 1 aromatic rings. The zero-order valence-electron chi connectivity index (χ0n) is 9.03. The van der Waals surface area contributed by atoms with Gasteiger partial charge in [0, 0.05) is 31.6 Å². The maximum atomic E-state index is 11.7. The highest BCUT2D eigenvalue weighted by molar-refractivity contribution is 7.99. The van der Waals surface area contributed by atoms with Crippen molar-refractivity contribution in [2.45, 2.75) is 24.0 Å². The smallest absolute Gasteiger partial charge is 0.241 e. The minimum absolute atomic E-state index is 0.0965. The van der Waals surface area contributed by atoms with E-state index >= 15 is 0 Å². The van der Waals surface area contributed by atoms with E-state index in [0.717, 1.165) is 25.2 Å². The average molecular weight is 237 g/mol. The molecule has 0 aliphatic carbocycles. The van der Waals surface area contributed by atoms with Crippen molar-refractivity contribution in [2.24, 2.45) is 0 Å². The molecule has 1 amide bonds. The number of amides is 1. The Labute approximate surface area is 98.8 Å². The lowest BCUT2D eigenvalue weighted by atomic mass is 10.1. The Kier molecular flexibility index (Phi) is 2.65. The van der Waals surface area contributed by atoms with Gasteiger partial charge < -0.3 is 15.2 Å². The average Bonchev–Trinajstić information content (AvgIpc) is 2.73. The van der Waals surface area contributed by atoms with Crippen LogP contribution in [0, 0.1) is 0 Å². The highest BCUT2D eigenvalue weighted by atomic mass is 32.2. The number of fused-ring (bicyclic) bond motifs is 1. The third-order valence-electron chi connectivity index (χ3n) is 3.04. The molecular formula is C11H15N3OS. The van der Waals surface area contributed by atoms with Gasteiger partial charge in [-0.1, -0.05) is 0 Å². The summed E-state index contributed by atoms with van der Waals surface area (Å²) < 4.78 is 2.26. The standard InChI is InChI=1S/C11H15N3OS/c15-11-10(12-2-3-13-11)8-6-9-14(7-8)4-1-5-16-9/h6-7,10,12H,1-5H2,(H,13,15). The molecule has 0 spiro atoms. The molecule has 86 valence electrons. The van der Waals surface area contributed by atoms with Crippen molar-refractivity contribution in [3.8, 4) is 0 Å². The third-order valence-corrected chi connectivity index (χ3v) is 4.18. The summed E-state index contributed by atoms with van der Waals surface area (Å²) in [6, 6.07) is 1.99. The van der Waals surface area contributed by atoms with Crippen LogP contribution in [0.5, 0.6) is 0 Å². The van der Waals surface area contributed by atoms with Crippen LogP contribution in [0.25, 0.3) is 0 Å². The fraction of sp³-hybridized carbons (Fsp3) is 0.545. The highest BCUT2D eigenvalue weighted by Crippen LogP contribution is 2.29. The van der Waals surface area contributed by atoms with Gasteiger partial charge in [0.25, 0.3) is 0 Å². The van der Waals surface area contributed by atoms with Crippen LogP contribution < -0.4 is 10.6 Å². The van der Waals surface area contributed by atoms with Crippen molar-refractivity contribution >= 4 is 17.7 Å². The number of piperazine rings is 1. The van der Waals surface area contributed by atoms with Crippen LogP contribution in [0.2, 0.25) is 0 Å². The normalized spacial score (nSPS) is 25.0. The van der Waals surface area contributed by atoms with E-state index in [0.29, 0.717) is 0 Å². The second-order valence-electron chi connectivity index (χ2n) is 4.19. The summed E-state index contributed by atoms with van der Waals surface area (Å²) in [4.78, 5) is 11.7. The summed E-state index contributed by atoms with van der Waals surface area (Å²) in [6.45, 7) is 2.67. The SMILES string of the molecule is O=C1NCCNC1c1cc2n(c1)CCCS2. The van der Waals surface area contributed by atoms with Gasteiger partial charge in [-0.05, 0) is 18.1 Å². The van der Waals surface area contributed by atoms with Crippen molar-refractivity contribution in [1.29, 1.82) is 0 Å². The zero-order valence-corrected chi connectivity index (χ0v) is 9.85. The fourth-order valence-corrected chi connectivity index (χ4v) is 3.25. The quantitative estimate of drug-likeness (QED) is 0.757. The van der Waals surface area contributed by atoms with Crippen LogP contribution in [0.4, 0.5) is 0 Å². The molecule has 2 aliphatic heterocycles. The van der Waals surface area contributed by atoms with Gasteiger partial charge in [0.15, 0.2) is 0 Å².